The monoisotopic (exact) mass is 394 g/mol. The van der Waals surface area contributed by atoms with Crippen molar-refractivity contribution in [1.82, 2.24) is 9.13 Å². The summed E-state index contributed by atoms with van der Waals surface area (Å²) in [7, 11) is 0. The number of rotatable bonds is 2. The molecule has 0 amide bonds. The number of hydrogen-bond donors (Lipinski definition) is 0. The predicted octanol–water partition coefficient (Wildman–Crippen LogP) is 5.22. The molecule has 9 rings (SSSR count). The number of hydrogen-bond acceptors (Lipinski definition) is 0. The third-order valence-corrected chi connectivity index (χ3v) is 10.2. The van der Waals surface area contributed by atoms with Crippen molar-refractivity contribution in [3.05, 3.63) is 16.8 Å². The Balaban J connectivity index is 1.31. The van der Waals surface area contributed by atoms with Crippen molar-refractivity contribution in [2.45, 2.75) is 88.1 Å². The van der Waals surface area contributed by atoms with E-state index in [2.05, 4.69) is 21.5 Å². The molecule has 8 aliphatic carbocycles. The fourth-order valence-corrected chi connectivity index (χ4v) is 10.4. The van der Waals surface area contributed by atoms with Crippen LogP contribution in [0.25, 0.3) is 0 Å². The first-order valence-electron chi connectivity index (χ1n) is 11.4. The molecule has 8 fully saturated rings. The van der Waals surface area contributed by atoms with Crippen molar-refractivity contribution < 1.29 is 15.0 Å². The van der Waals surface area contributed by atoms with E-state index >= 15 is 0 Å². The van der Waals surface area contributed by atoms with Gasteiger partial charge in [-0.3, -0.25) is 0 Å². The predicted molar refractivity (Wildman–Crippen MR) is 98.0 cm³/mol. The van der Waals surface area contributed by atoms with E-state index in [4.69, 9.17) is 15.0 Å². The molecular formula is C23H32N2Ni. The topological polar surface area (TPSA) is 9.86 Å². The van der Waals surface area contributed by atoms with E-state index in [1.54, 1.807) is 0 Å². The van der Waals surface area contributed by atoms with Crippen molar-refractivity contribution in [2.75, 3.05) is 0 Å². The zero-order valence-corrected chi connectivity index (χ0v) is 16.8. The average Bonchev–Trinajstić information content (AvgIpc) is 2.95. The van der Waals surface area contributed by atoms with Crippen LogP contribution in [0.4, 0.5) is 0 Å². The summed E-state index contributed by atoms with van der Waals surface area (Å²) in [4.78, 5) is 0. The van der Waals surface area contributed by atoms with Crippen molar-refractivity contribution in [2.24, 2.45) is 35.5 Å². The Hall–Kier alpha value is -0.296. The molecule has 0 aliphatic heterocycles. The van der Waals surface area contributed by atoms with Crippen LogP contribution in [0.15, 0.2) is 12.4 Å². The Bertz CT molecular complexity index is 679. The molecule has 26 heavy (non-hydrogen) atoms. The minimum atomic E-state index is 0.399. The molecule has 0 saturated heterocycles. The van der Waals surface area contributed by atoms with Crippen LogP contribution < -0.4 is 0 Å². The van der Waals surface area contributed by atoms with E-state index in [0.29, 0.717) is 11.1 Å². The van der Waals surface area contributed by atoms with E-state index in [9.17, 15) is 0 Å². The van der Waals surface area contributed by atoms with Gasteiger partial charge in [0.05, 0.1) is 0 Å². The zero-order chi connectivity index (χ0) is 17.1. The van der Waals surface area contributed by atoms with Gasteiger partial charge in [-0.25, -0.2) is 0 Å². The molecule has 2 nitrogen and oxygen atoms in total. The maximum atomic E-state index is 5.85. The van der Waals surface area contributed by atoms with Gasteiger partial charge in [0.1, 0.15) is 0 Å². The Kier molecular flexibility index (Phi) is 3.00. The van der Waals surface area contributed by atoms with E-state index in [0.717, 1.165) is 35.5 Å². The molecular weight excluding hydrogens is 363 g/mol. The van der Waals surface area contributed by atoms with Crippen molar-refractivity contribution in [3.8, 4) is 0 Å². The molecule has 1 aromatic heterocycles. The quantitative estimate of drug-likeness (QED) is 0.608. The SMILES string of the molecule is [Ni]=[c]1n(C23CC4CC(CC(C4)C2)C3)ccn1C12CC3CC(CC(C3)C1)C2. The van der Waals surface area contributed by atoms with Gasteiger partial charge in [-0.15, -0.1) is 0 Å². The Morgan fingerprint density at radius 3 is 1.12 bits per heavy atom. The number of imidazole rings is 1. The van der Waals surface area contributed by atoms with Crippen LogP contribution >= 0.6 is 0 Å². The fourth-order valence-electron chi connectivity index (χ4n) is 9.76. The van der Waals surface area contributed by atoms with Crippen LogP contribution in [0.2, 0.25) is 0 Å². The normalized spacial score (nSPS) is 53.6. The van der Waals surface area contributed by atoms with Crippen LogP contribution in [-0.4, -0.2) is 9.13 Å². The molecule has 0 atom stereocenters. The molecule has 0 radical (unpaired) electrons. The Labute approximate surface area is 164 Å². The molecule has 1 heterocycles. The van der Waals surface area contributed by atoms with Gasteiger partial charge in [0.25, 0.3) is 0 Å². The zero-order valence-electron chi connectivity index (χ0n) is 15.8. The summed E-state index contributed by atoms with van der Waals surface area (Å²) in [6, 6.07) is 0. The summed E-state index contributed by atoms with van der Waals surface area (Å²) >= 11 is 5.85. The minimum absolute atomic E-state index is 0.399. The summed E-state index contributed by atoms with van der Waals surface area (Å²) in [5.74, 6) is 5.98. The van der Waals surface area contributed by atoms with Gasteiger partial charge in [-0.2, -0.15) is 0 Å². The standard InChI is InChI=1S/C23H32N2.Ni/c1-2-25(23-12-19-6-20(13-23)8-21(7-19)14-23)15-24(1)22-9-16-3-17(10-22)5-18(4-16)11-22;/h1-2,16-21H,3-14H2;. The summed E-state index contributed by atoms with van der Waals surface area (Å²) in [5.41, 5.74) is 0.797. The molecule has 0 unspecified atom stereocenters. The second-order valence-corrected chi connectivity index (χ2v) is 12.0. The molecule has 144 valence electrons. The molecule has 1 aromatic rings. The first kappa shape index (κ1) is 15.6. The average molecular weight is 395 g/mol. The van der Waals surface area contributed by atoms with Crippen LogP contribution in [0.1, 0.15) is 77.0 Å². The van der Waals surface area contributed by atoms with Crippen molar-refractivity contribution in [1.29, 1.82) is 0 Å². The molecule has 8 aliphatic rings. The fraction of sp³-hybridized carbons (Fsp3) is 0.870. The van der Waals surface area contributed by atoms with E-state index in [1.807, 2.05) is 0 Å². The van der Waals surface area contributed by atoms with Gasteiger partial charge in [0, 0.05) is 0 Å². The summed E-state index contributed by atoms with van der Waals surface area (Å²) in [6.45, 7) is 0. The van der Waals surface area contributed by atoms with E-state index in [-0.39, 0.29) is 0 Å². The van der Waals surface area contributed by atoms with Gasteiger partial charge in [0.15, 0.2) is 0 Å². The summed E-state index contributed by atoms with van der Waals surface area (Å²) < 4.78 is 6.53. The second-order valence-electron chi connectivity index (χ2n) is 11.6. The van der Waals surface area contributed by atoms with Crippen molar-refractivity contribution in [3.63, 3.8) is 0 Å². The van der Waals surface area contributed by atoms with Crippen LogP contribution in [0.3, 0.4) is 0 Å². The van der Waals surface area contributed by atoms with E-state index < -0.39 is 0 Å². The number of aromatic nitrogens is 2. The number of nitrogens with zero attached hydrogens (tertiary/aromatic N) is 2. The molecule has 0 N–H and O–H groups in total. The molecule has 0 aromatic carbocycles. The first-order chi connectivity index (χ1) is 12.6. The second kappa shape index (κ2) is 5.00. The maximum absolute atomic E-state index is 5.85. The van der Waals surface area contributed by atoms with Gasteiger partial charge >= 0.3 is 165 Å². The third-order valence-electron chi connectivity index (χ3n) is 9.77. The Morgan fingerprint density at radius 2 is 0.846 bits per heavy atom. The molecule has 3 heteroatoms. The summed E-state index contributed by atoms with van der Waals surface area (Å²) in [6.07, 6.45) is 22.5. The third kappa shape index (κ3) is 1.97. The Morgan fingerprint density at radius 1 is 0.577 bits per heavy atom. The summed E-state index contributed by atoms with van der Waals surface area (Å²) in [5, 5.41) is 0. The molecule has 0 spiro atoms. The van der Waals surface area contributed by atoms with Gasteiger partial charge in [-0.1, -0.05) is 0 Å². The van der Waals surface area contributed by atoms with Crippen molar-refractivity contribution >= 4 is 0 Å². The molecule has 8 bridgehead atoms. The molecule has 8 saturated carbocycles. The van der Waals surface area contributed by atoms with Gasteiger partial charge in [0.2, 0.25) is 0 Å². The van der Waals surface area contributed by atoms with E-state index in [1.165, 1.54) is 81.4 Å². The first-order valence-corrected chi connectivity index (χ1v) is 11.9. The van der Waals surface area contributed by atoms with Crippen LogP contribution in [0.5, 0.6) is 0 Å². The van der Waals surface area contributed by atoms with Gasteiger partial charge in [-0.05, 0) is 0 Å². The van der Waals surface area contributed by atoms with Gasteiger partial charge < -0.3 is 0 Å². The van der Waals surface area contributed by atoms with Crippen LogP contribution in [0, 0.1) is 39.9 Å². The van der Waals surface area contributed by atoms with Crippen LogP contribution in [-0.2, 0) is 26.1 Å².